The highest BCUT2D eigenvalue weighted by Crippen LogP contribution is 2.37. The van der Waals surface area contributed by atoms with Crippen LogP contribution in [0.5, 0.6) is 11.5 Å². The first kappa shape index (κ1) is 12.0. The van der Waals surface area contributed by atoms with E-state index in [1.54, 1.807) is 0 Å². The maximum absolute atomic E-state index is 9.16. The van der Waals surface area contributed by atoms with E-state index in [1.807, 2.05) is 38.1 Å². The number of aliphatic hydroxyl groups excluding tert-OH is 1. The predicted octanol–water partition coefficient (Wildman–Crippen LogP) is 2.68. The minimum absolute atomic E-state index is 0.0520. The lowest BCUT2D eigenvalue weighted by Gasteiger charge is -2.26. The van der Waals surface area contributed by atoms with Crippen molar-refractivity contribution >= 4 is 0 Å². The molecule has 1 unspecified atom stereocenters. The predicted molar refractivity (Wildman–Crippen MR) is 66.3 cm³/mol. The second kappa shape index (κ2) is 5.23. The van der Waals surface area contributed by atoms with Crippen LogP contribution in [-0.2, 0) is 6.42 Å². The van der Waals surface area contributed by atoms with Crippen molar-refractivity contribution in [3.05, 3.63) is 35.6 Å². The van der Waals surface area contributed by atoms with Gasteiger partial charge >= 0.3 is 0 Å². The van der Waals surface area contributed by atoms with Gasteiger partial charge in [-0.15, -0.1) is 0 Å². The van der Waals surface area contributed by atoms with Crippen LogP contribution in [0.3, 0.4) is 0 Å². The maximum atomic E-state index is 9.16. The molecule has 1 aliphatic rings. The highest BCUT2D eigenvalue weighted by molar-refractivity contribution is 5.48. The van der Waals surface area contributed by atoms with E-state index in [9.17, 15) is 0 Å². The highest BCUT2D eigenvalue weighted by Gasteiger charge is 2.22. The summed E-state index contributed by atoms with van der Waals surface area (Å²) in [6.45, 7) is 3.89. The molecule has 3 nitrogen and oxygen atoms in total. The van der Waals surface area contributed by atoms with E-state index in [-0.39, 0.29) is 12.7 Å². The zero-order valence-corrected chi connectivity index (χ0v) is 10.3. The Morgan fingerprint density at radius 2 is 2.41 bits per heavy atom. The van der Waals surface area contributed by atoms with Crippen LogP contribution < -0.4 is 9.47 Å². The van der Waals surface area contributed by atoms with Crippen molar-refractivity contribution in [2.75, 3.05) is 6.61 Å². The Balaban J connectivity index is 2.28. The molecule has 0 aromatic heterocycles. The first-order valence-electron chi connectivity index (χ1n) is 5.94. The topological polar surface area (TPSA) is 38.7 Å². The van der Waals surface area contributed by atoms with E-state index in [2.05, 4.69) is 0 Å². The first-order chi connectivity index (χ1) is 8.24. The second-order valence-electron chi connectivity index (χ2n) is 4.21. The van der Waals surface area contributed by atoms with Crippen molar-refractivity contribution in [2.45, 2.75) is 32.8 Å². The largest absolute Gasteiger partial charge is 0.484 e. The molecule has 0 aliphatic carbocycles. The number of rotatable bonds is 3. The minimum Gasteiger partial charge on any atom is -0.484 e. The zero-order valence-electron chi connectivity index (χ0n) is 10.3. The number of hydrogen-bond acceptors (Lipinski definition) is 3. The Morgan fingerprint density at radius 1 is 1.59 bits per heavy atom. The summed E-state index contributed by atoms with van der Waals surface area (Å²) in [5.41, 5.74) is 1.15. The summed E-state index contributed by atoms with van der Waals surface area (Å²) in [6.07, 6.45) is 3.58. The van der Waals surface area contributed by atoms with Crippen LogP contribution in [0.25, 0.3) is 0 Å². The molecule has 0 saturated carbocycles. The molecule has 0 fully saturated rings. The molecule has 0 spiro atoms. The fourth-order valence-corrected chi connectivity index (χ4v) is 1.88. The monoisotopic (exact) mass is 234 g/mol. The van der Waals surface area contributed by atoms with Gasteiger partial charge in [0.1, 0.15) is 6.10 Å². The molecular formula is C14H18O3. The summed E-state index contributed by atoms with van der Waals surface area (Å²) >= 11 is 0. The van der Waals surface area contributed by atoms with Gasteiger partial charge in [0.25, 0.3) is 0 Å². The molecule has 1 aromatic rings. The number of ether oxygens (including phenoxy) is 2. The van der Waals surface area contributed by atoms with Crippen molar-refractivity contribution in [1.29, 1.82) is 0 Å². The SMILES string of the molecule is C/C=C(\C)Oc1cccc2c1OC(CO)CC2. The third-order valence-electron chi connectivity index (χ3n) is 2.96. The lowest BCUT2D eigenvalue weighted by molar-refractivity contribution is 0.0947. The number of allylic oxidation sites excluding steroid dienone is 2. The maximum Gasteiger partial charge on any atom is 0.169 e. The van der Waals surface area contributed by atoms with Crippen LogP contribution in [-0.4, -0.2) is 17.8 Å². The molecule has 0 radical (unpaired) electrons. The fourth-order valence-electron chi connectivity index (χ4n) is 1.88. The average Bonchev–Trinajstić information content (AvgIpc) is 2.38. The van der Waals surface area contributed by atoms with Gasteiger partial charge in [-0.1, -0.05) is 12.1 Å². The number of fused-ring (bicyclic) bond motifs is 1. The number of hydrogen-bond donors (Lipinski definition) is 1. The van der Waals surface area contributed by atoms with Gasteiger partial charge in [-0.25, -0.2) is 0 Å². The molecule has 1 aliphatic heterocycles. The van der Waals surface area contributed by atoms with Crippen LogP contribution in [0.4, 0.5) is 0 Å². The summed E-state index contributed by atoms with van der Waals surface area (Å²) in [4.78, 5) is 0. The molecule has 3 heteroatoms. The Morgan fingerprint density at radius 3 is 3.12 bits per heavy atom. The van der Waals surface area contributed by atoms with Crippen LogP contribution >= 0.6 is 0 Å². The van der Waals surface area contributed by atoms with E-state index < -0.39 is 0 Å². The number of benzene rings is 1. The molecule has 0 saturated heterocycles. The van der Waals surface area contributed by atoms with E-state index in [4.69, 9.17) is 14.6 Å². The summed E-state index contributed by atoms with van der Waals surface area (Å²) in [6, 6.07) is 5.91. The lowest BCUT2D eigenvalue weighted by atomic mass is 10.0. The van der Waals surface area contributed by atoms with Crippen molar-refractivity contribution < 1.29 is 14.6 Å². The van der Waals surface area contributed by atoms with Crippen LogP contribution in [0, 0.1) is 0 Å². The van der Waals surface area contributed by atoms with Gasteiger partial charge in [-0.2, -0.15) is 0 Å². The number of para-hydroxylation sites is 1. The van der Waals surface area contributed by atoms with Crippen molar-refractivity contribution in [1.82, 2.24) is 0 Å². The number of aliphatic hydroxyl groups is 1. The Hall–Kier alpha value is -1.48. The summed E-state index contributed by atoms with van der Waals surface area (Å²) < 4.78 is 11.5. The Bertz CT molecular complexity index is 423. The van der Waals surface area contributed by atoms with Crippen molar-refractivity contribution in [2.24, 2.45) is 0 Å². The van der Waals surface area contributed by atoms with Crippen LogP contribution in [0.15, 0.2) is 30.0 Å². The molecule has 1 heterocycles. The summed E-state index contributed by atoms with van der Waals surface area (Å²) in [5.74, 6) is 2.35. The Kier molecular flexibility index (Phi) is 3.69. The summed E-state index contributed by atoms with van der Waals surface area (Å²) in [7, 11) is 0. The minimum atomic E-state index is -0.113. The van der Waals surface area contributed by atoms with Gasteiger partial charge in [0.15, 0.2) is 11.5 Å². The molecule has 1 aromatic carbocycles. The van der Waals surface area contributed by atoms with Gasteiger partial charge in [0.05, 0.1) is 12.4 Å². The molecule has 0 bridgehead atoms. The van der Waals surface area contributed by atoms with Crippen LogP contribution in [0.1, 0.15) is 25.8 Å². The number of aryl methyl sites for hydroxylation is 1. The zero-order chi connectivity index (χ0) is 12.3. The van der Waals surface area contributed by atoms with Gasteiger partial charge in [-0.3, -0.25) is 0 Å². The molecule has 2 rings (SSSR count). The fraction of sp³-hybridized carbons (Fsp3) is 0.429. The second-order valence-corrected chi connectivity index (χ2v) is 4.21. The summed E-state index contributed by atoms with van der Waals surface area (Å²) in [5, 5.41) is 9.16. The van der Waals surface area contributed by atoms with E-state index >= 15 is 0 Å². The molecule has 1 atom stereocenters. The standard InChI is InChI=1S/C14H18O3/c1-3-10(2)16-13-6-4-5-11-7-8-12(9-15)17-14(11)13/h3-6,12,15H,7-9H2,1-2H3/b10-3+. The third kappa shape index (κ3) is 2.61. The lowest BCUT2D eigenvalue weighted by Crippen LogP contribution is -2.26. The normalized spacial score (nSPS) is 19.5. The quantitative estimate of drug-likeness (QED) is 0.817. The van der Waals surface area contributed by atoms with Crippen LogP contribution in [0.2, 0.25) is 0 Å². The Labute approximate surface area is 102 Å². The highest BCUT2D eigenvalue weighted by atomic mass is 16.5. The van der Waals surface area contributed by atoms with Crippen molar-refractivity contribution in [3.63, 3.8) is 0 Å². The van der Waals surface area contributed by atoms with E-state index in [1.165, 1.54) is 0 Å². The molecular weight excluding hydrogens is 216 g/mol. The van der Waals surface area contributed by atoms with Gasteiger partial charge < -0.3 is 14.6 Å². The van der Waals surface area contributed by atoms with Crippen molar-refractivity contribution in [3.8, 4) is 11.5 Å². The van der Waals surface area contributed by atoms with Gasteiger partial charge in [-0.05, 0) is 44.4 Å². The first-order valence-corrected chi connectivity index (χ1v) is 5.94. The smallest absolute Gasteiger partial charge is 0.169 e. The van der Waals surface area contributed by atoms with E-state index in [0.717, 1.165) is 35.7 Å². The van der Waals surface area contributed by atoms with Gasteiger partial charge in [0.2, 0.25) is 0 Å². The third-order valence-corrected chi connectivity index (χ3v) is 2.96. The molecule has 17 heavy (non-hydrogen) atoms. The van der Waals surface area contributed by atoms with Gasteiger partial charge in [0, 0.05) is 0 Å². The van der Waals surface area contributed by atoms with E-state index in [0.29, 0.717) is 0 Å². The molecule has 1 N–H and O–H groups in total. The average molecular weight is 234 g/mol. The molecule has 92 valence electrons. The molecule has 0 amide bonds.